The number of aryl methyl sites for hydroxylation is 2. The van der Waals surface area contributed by atoms with Crippen LogP contribution in [-0.2, 0) is 9.53 Å². The van der Waals surface area contributed by atoms with Crippen molar-refractivity contribution in [3.63, 3.8) is 0 Å². The molecule has 0 saturated carbocycles. The molecule has 1 N–H and O–H groups in total. The zero-order chi connectivity index (χ0) is 15.4. The summed E-state index contributed by atoms with van der Waals surface area (Å²) in [6.45, 7) is 5.11. The third-order valence-corrected chi connectivity index (χ3v) is 3.84. The fourth-order valence-electron chi connectivity index (χ4n) is 1.75. The summed E-state index contributed by atoms with van der Waals surface area (Å²) in [6.07, 6.45) is -0.875. The summed E-state index contributed by atoms with van der Waals surface area (Å²) >= 11 is 1.26. The Morgan fingerprint density at radius 1 is 1.24 bits per heavy atom. The van der Waals surface area contributed by atoms with Gasteiger partial charge in [0.15, 0.2) is 6.10 Å². The lowest BCUT2D eigenvalue weighted by Gasteiger charge is -2.13. The molecule has 2 aromatic rings. The highest BCUT2D eigenvalue weighted by Crippen LogP contribution is 2.19. The van der Waals surface area contributed by atoms with Crippen LogP contribution in [0.25, 0.3) is 0 Å². The molecule has 0 fully saturated rings. The van der Waals surface area contributed by atoms with E-state index in [9.17, 15) is 9.59 Å². The van der Waals surface area contributed by atoms with Crippen LogP contribution in [0.15, 0.2) is 30.3 Å². The fourth-order valence-corrected chi connectivity index (χ4v) is 2.56. The van der Waals surface area contributed by atoms with Crippen molar-refractivity contribution in [3.8, 4) is 0 Å². The summed E-state index contributed by atoms with van der Waals surface area (Å²) < 4.78 is 5.18. The molecule has 0 spiro atoms. The number of para-hydroxylation sites is 1. The molecule has 110 valence electrons. The Morgan fingerprint density at radius 2 is 1.90 bits per heavy atom. The van der Waals surface area contributed by atoms with Crippen molar-refractivity contribution in [2.24, 2.45) is 0 Å². The maximum absolute atomic E-state index is 12.0. The van der Waals surface area contributed by atoms with Crippen LogP contribution >= 0.6 is 11.3 Å². The van der Waals surface area contributed by atoms with Crippen molar-refractivity contribution in [1.82, 2.24) is 4.98 Å². The maximum atomic E-state index is 12.0. The number of nitrogens with zero attached hydrogens (tertiary/aromatic N) is 1. The number of aromatic nitrogens is 1. The maximum Gasteiger partial charge on any atom is 0.351 e. The minimum Gasteiger partial charge on any atom is -0.448 e. The summed E-state index contributed by atoms with van der Waals surface area (Å²) in [5.74, 6) is -0.887. The summed E-state index contributed by atoms with van der Waals surface area (Å²) in [6, 6.07) is 9.02. The van der Waals surface area contributed by atoms with Gasteiger partial charge >= 0.3 is 5.97 Å². The monoisotopic (exact) mass is 304 g/mol. The van der Waals surface area contributed by atoms with E-state index in [4.69, 9.17) is 4.74 Å². The molecule has 0 bridgehead atoms. The number of nitrogens with one attached hydrogen (secondary N) is 1. The molecule has 1 heterocycles. The summed E-state index contributed by atoms with van der Waals surface area (Å²) in [5.41, 5.74) is 1.29. The summed E-state index contributed by atoms with van der Waals surface area (Å²) in [4.78, 5) is 28.6. The number of esters is 1. The molecule has 0 unspecified atom stereocenters. The number of carbonyl (C=O) groups excluding carboxylic acids is 2. The molecule has 0 aliphatic heterocycles. The number of rotatable bonds is 4. The normalized spacial score (nSPS) is 11.8. The molecule has 0 radical (unpaired) electrons. The van der Waals surface area contributed by atoms with Gasteiger partial charge in [0.05, 0.1) is 10.7 Å². The van der Waals surface area contributed by atoms with Gasteiger partial charge < -0.3 is 10.1 Å². The zero-order valence-electron chi connectivity index (χ0n) is 12.0. The van der Waals surface area contributed by atoms with Crippen molar-refractivity contribution < 1.29 is 14.3 Å². The van der Waals surface area contributed by atoms with Gasteiger partial charge in [0.2, 0.25) is 0 Å². The third kappa shape index (κ3) is 3.88. The molecule has 1 amide bonds. The third-order valence-electron chi connectivity index (χ3n) is 2.78. The molecule has 2 rings (SSSR count). The largest absolute Gasteiger partial charge is 0.448 e. The van der Waals surface area contributed by atoms with Gasteiger partial charge in [-0.25, -0.2) is 9.78 Å². The number of benzene rings is 1. The molecule has 0 aliphatic rings. The molecule has 21 heavy (non-hydrogen) atoms. The molecular weight excluding hydrogens is 288 g/mol. The van der Waals surface area contributed by atoms with Gasteiger partial charge in [-0.2, -0.15) is 0 Å². The first-order valence-corrected chi connectivity index (χ1v) is 7.30. The fraction of sp³-hybridized carbons (Fsp3) is 0.267. The smallest absolute Gasteiger partial charge is 0.351 e. The Kier molecular flexibility index (Phi) is 4.70. The quantitative estimate of drug-likeness (QED) is 0.882. The Bertz CT molecular complexity index is 652. The molecule has 1 aromatic carbocycles. The van der Waals surface area contributed by atoms with Gasteiger partial charge in [0.1, 0.15) is 4.88 Å². The predicted octanol–water partition coefficient (Wildman–Crippen LogP) is 2.94. The lowest BCUT2D eigenvalue weighted by molar-refractivity contribution is -0.123. The first-order valence-electron chi connectivity index (χ1n) is 6.48. The van der Waals surface area contributed by atoms with E-state index in [1.807, 2.05) is 25.1 Å². The highest BCUT2D eigenvalue weighted by Gasteiger charge is 2.22. The van der Waals surface area contributed by atoms with E-state index in [1.54, 1.807) is 26.0 Å². The number of hydrogen-bond acceptors (Lipinski definition) is 5. The van der Waals surface area contributed by atoms with Crippen LogP contribution in [0.5, 0.6) is 0 Å². The number of carbonyl (C=O) groups is 2. The predicted molar refractivity (Wildman–Crippen MR) is 81.5 cm³/mol. The second-order valence-corrected chi connectivity index (χ2v) is 5.75. The average molecular weight is 304 g/mol. The van der Waals surface area contributed by atoms with Gasteiger partial charge in [-0.3, -0.25) is 4.79 Å². The summed E-state index contributed by atoms with van der Waals surface area (Å²) in [5, 5.41) is 3.48. The van der Waals surface area contributed by atoms with E-state index < -0.39 is 12.1 Å². The van der Waals surface area contributed by atoms with E-state index in [1.165, 1.54) is 11.3 Å². The van der Waals surface area contributed by atoms with E-state index >= 15 is 0 Å². The van der Waals surface area contributed by atoms with Crippen LogP contribution in [0, 0.1) is 13.8 Å². The first-order chi connectivity index (χ1) is 9.97. The SMILES string of the molecule is Cc1nc(C)c(C(=O)O[C@H](C)C(=O)Nc2ccccc2)s1. The van der Waals surface area contributed by atoms with Crippen LogP contribution in [0.2, 0.25) is 0 Å². The lowest BCUT2D eigenvalue weighted by atomic mass is 10.3. The standard InChI is InChI=1S/C15H16N2O3S/c1-9-13(21-11(3)16-9)15(19)20-10(2)14(18)17-12-7-5-4-6-8-12/h4-8,10H,1-3H3,(H,17,18)/t10-/m1/s1. The molecule has 6 heteroatoms. The van der Waals surface area contributed by atoms with Gasteiger partial charge in [0, 0.05) is 5.69 Å². The van der Waals surface area contributed by atoms with Gasteiger partial charge in [0.25, 0.3) is 5.91 Å². The molecule has 5 nitrogen and oxygen atoms in total. The second-order valence-electron chi connectivity index (χ2n) is 4.55. The number of ether oxygens (including phenoxy) is 1. The Labute approximate surface area is 127 Å². The molecular formula is C15H16N2O3S. The van der Waals surface area contributed by atoms with Crippen molar-refractivity contribution >= 4 is 28.9 Å². The van der Waals surface area contributed by atoms with Crippen LogP contribution < -0.4 is 5.32 Å². The van der Waals surface area contributed by atoms with Crippen molar-refractivity contribution in [2.45, 2.75) is 26.9 Å². The van der Waals surface area contributed by atoms with Crippen LogP contribution in [-0.4, -0.2) is 23.0 Å². The number of thiazole rings is 1. The van der Waals surface area contributed by atoms with Crippen molar-refractivity contribution in [2.75, 3.05) is 5.32 Å². The summed E-state index contributed by atoms with van der Waals surface area (Å²) in [7, 11) is 0. The molecule has 1 aromatic heterocycles. The molecule has 0 aliphatic carbocycles. The molecule has 1 atom stereocenters. The van der Waals surface area contributed by atoms with Crippen LogP contribution in [0.3, 0.4) is 0 Å². The van der Waals surface area contributed by atoms with Crippen molar-refractivity contribution in [1.29, 1.82) is 0 Å². The zero-order valence-corrected chi connectivity index (χ0v) is 12.9. The van der Waals surface area contributed by atoms with Crippen molar-refractivity contribution in [3.05, 3.63) is 45.9 Å². The minimum atomic E-state index is -0.875. The van der Waals surface area contributed by atoms with Gasteiger partial charge in [-0.05, 0) is 32.9 Å². The lowest BCUT2D eigenvalue weighted by Crippen LogP contribution is -2.29. The van der Waals surface area contributed by atoms with Crippen LogP contribution in [0.4, 0.5) is 5.69 Å². The van der Waals surface area contributed by atoms with E-state index in [-0.39, 0.29) is 5.91 Å². The Hall–Kier alpha value is -2.21. The number of amides is 1. The Balaban J connectivity index is 1.97. The van der Waals surface area contributed by atoms with E-state index in [2.05, 4.69) is 10.3 Å². The second kappa shape index (κ2) is 6.49. The van der Waals surface area contributed by atoms with Gasteiger partial charge in [-0.15, -0.1) is 11.3 Å². The van der Waals surface area contributed by atoms with Gasteiger partial charge in [-0.1, -0.05) is 18.2 Å². The first kappa shape index (κ1) is 15.2. The highest BCUT2D eigenvalue weighted by atomic mass is 32.1. The minimum absolute atomic E-state index is 0.367. The van der Waals surface area contributed by atoms with E-state index in [0.29, 0.717) is 16.3 Å². The molecule has 0 saturated heterocycles. The Morgan fingerprint density at radius 3 is 2.48 bits per heavy atom. The number of anilines is 1. The van der Waals surface area contributed by atoms with E-state index in [0.717, 1.165) is 5.01 Å². The highest BCUT2D eigenvalue weighted by molar-refractivity contribution is 7.13. The number of hydrogen-bond donors (Lipinski definition) is 1. The topological polar surface area (TPSA) is 68.3 Å². The average Bonchev–Trinajstić information content (AvgIpc) is 2.78. The van der Waals surface area contributed by atoms with Crippen LogP contribution in [0.1, 0.15) is 27.3 Å².